The van der Waals surface area contributed by atoms with Crippen LogP contribution in [0.2, 0.25) is 0 Å². The highest BCUT2D eigenvalue weighted by molar-refractivity contribution is 5.79. The maximum Gasteiger partial charge on any atom is 0.225 e. The minimum absolute atomic E-state index is 0.290. The van der Waals surface area contributed by atoms with Crippen LogP contribution < -0.4 is 5.90 Å². The van der Waals surface area contributed by atoms with Crippen molar-refractivity contribution in [3.63, 3.8) is 0 Å². The number of hydrogen-bond acceptors (Lipinski definition) is 3. The summed E-state index contributed by atoms with van der Waals surface area (Å²) in [7, 11) is 0. The predicted molar refractivity (Wildman–Crippen MR) is 70.7 cm³/mol. The molecule has 4 nitrogen and oxygen atoms in total. The van der Waals surface area contributed by atoms with Crippen molar-refractivity contribution in [2.45, 2.75) is 63.8 Å². The predicted octanol–water partition coefficient (Wildman–Crippen LogP) is 2.23. The maximum absolute atomic E-state index is 12.6. The normalized spacial score (nSPS) is 26.3. The Morgan fingerprint density at radius 1 is 1.11 bits per heavy atom. The van der Waals surface area contributed by atoms with Gasteiger partial charge in [0.1, 0.15) is 0 Å². The molecule has 0 aromatic carbocycles. The number of carbonyl (C=O) groups is 1. The van der Waals surface area contributed by atoms with E-state index in [4.69, 9.17) is 5.90 Å². The monoisotopic (exact) mass is 254 g/mol. The molecule has 104 valence electrons. The minimum Gasteiger partial charge on any atom is -0.339 e. The fraction of sp³-hybridized carbons (Fsp3) is 0.929. The second kappa shape index (κ2) is 7.10. The lowest BCUT2D eigenvalue weighted by molar-refractivity contribution is -0.140. The van der Waals surface area contributed by atoms with E-state index in [9.17, 15) is 4.79 Å². The molecule has 0 aromatic rings. The molecule has 2 aliphatic rings. The molecule has 0 aromatic heterocycles. The molecule has 0 spiro atoms. The summed E-state index contributed by atoms with van der Waals surface area (Å²) < 4.78 is 0. The molecule has 2 fully saturated rings. The van der Waals surface area contributed by atoms with Gasteiger partial charge >= 0.3 is 0 Å². The Hall–Kier alpha value is -0.610. The van der Waals surface area contributed by atoms with Crippen LogP contribution in [0.3, 0.4) is 0 Å². The Bertz CT molecular complexity index is 265. The van der Waals surface area contributed by atoms with E-state index in [1.165, 1.54) is 25.7 Å². The zero-order valence-corrected chi connectivity index (χ0v) is 11.3. The van der Waals surface area contributed by atoms with E-state index in [1.54, 1.807) is 0 Å². The number of rotatable bonds is 4. The van der Waals surface area contributed by atoms with Gasteiger partial charge in [0.25, 0.3) is 0 Å². The number of hydrogen-bond donors (Lipinski definition) is 1. The van der Waals surface area contributed by atoms with Crippen LogP contribution in [0.1, 0.15) is 57.8 Å². The first-order valence-electron chi connectivity index (χ1n) is 7.45. The average Bonchev–Trinajstić information content (AvgIpc) is 2.45. The van der Waals surface area contributed by atoms with E-state index in [1.807, 2.05) is 0 Å². The van der Waals surface area contributed by atoms with Crippen molar-refractivity contribution < 1.29 is 9.63 Å². The third kappa shape index (κ3) is 3.45. The summed E-state index contributed by atoms with van der Waals surface area (Å²) in [5, 5.41) is 0. The van der Waals surface area contributed by atoms with Crippen molar-refractivity contribution in [3.05, 3.63) is 0 Å². The van der Waals surface area contributed by atoms with Gasteiger partial charge in [-0.05, 0) is 38.5 Å². The van der Waals surface area contributed by atoms with Gasteiger partial charge in [0.05, 0.1) is 6.61 Å². The lowest BCUT2D eigenvalue weighted by Gasteiger charge is -2.38. The molecule has 1 aliphatic heterocycles. The summed E-state index contributed by atoms with van der Waals surface area (Å²) in [6, 6.07) is 0.358. The number of amides is 1. The highest BCUT2D eigenvalue weighted by Crippen LogP contribution is 2.29. The van der Waals surface area contributed by atoms with Crippen LogP contribution >= 0.6 is 0 Å². The Morgan fingerprint density at radius 2 is 1.83 bits per heavy atom. The van der Waals surface area contributed by atoms with Crippen LogP contribution in [0.15, 0.2) is 0 Å². The third-order valence-corrected chi connectivity index (χ3v) is 4.43. The van der Waals surface area contributed by atoms with E-state index in [-0.39, 0.29) is 5.92 Å². The molecule has 4 heteroatoms. The molecule has 1 amide bonds. The smallest absolute Gasteiger partial charge is 0.225 e. The molecule has 1 saturated carbocycles. The van der Waals surface area contributed by atoms with E-state index in [2.05, 4.69) is 9.74 Å². The molecule has 2 N–H and O–H groups in total. The Balaban J connectivity index is 1.91. The van der Waals surface area contributed by atoms with Crippen molar-refractivity contribution >= 4 is 5.91 Å². The van der Waals surface area contributed by atoms with Gasteiger partial charge in [0, 0.05) is 18.5 Å². The summed E-state index contributed by atoms with van der Waals surface area (Å²) in [5.74, 6) is 5.80. The molecular formula is C14H26N2O2. The Labute approximate surface area is 110 Å². The molecule has 1 atom stereocenters. The molecule has 0 bridgehead atoms. The number of nitrogens with two attached hydrogens (primary N) is 1. The quantitative estimate of drug-likeness (QED) is 0.783. The SMILES string of the molecule is NOCCC1CCCCN1C(=O)C1CCCCC1. The average molecular weight is 254 g/mol. The summed E-state index contributed by atoms with van der Waals surface area (Å²) in [5.41, 5.74) is 0. The second-order valence-corrected chi connectivity index (χ2v) is 5.68. The highest BCUT2D eigenvalue weighted by Gasteiger charge is 2.31. The number of piperidine rings is 1. The first-order valence-corrected chi connectivity index (χ1v) is 7.45. The van der Waals surface area contributed by atoms with Gasteiger partial charge in [-0.2, -0.15) is 0 Å². The summed E-state index contributed by atoms with van der Waals surface area (Å²) in [4.78, 5) is 19.4. The van der Waals surface area contributed by atoms with Gasteiger partial charge in [0.15, 0.2) is 0 Å². The zero-order chi connectivity index (χ0) is 12.8. The molecule has 0 radical (unpaired) electrons. The van der Waals surface area contributed by atoms with Crippen LogP contribution in [0.4, 0.5) is 0 Å². The molecular weight excluding hydrogens is 228 g/mol. The van der Waals surface area contributed by atoms with Gasteiger partial charge in [0.2, 0.25) is 5.91 Å². The summed E-state index contributed by atoms with van der Waals surface area (Å²) in [6.45, 7) is 1.49. The summed E-state index contributed by atoms with van der Waals surface area (Å²) in [6.07, 6.45) is 10.3. The van der Waals surface area contributed by atoms with Crippen molar-refractivity contribution in [1.29, 1.82) is 0 Å². The fourth-order valence-electron chi connectivity index (χ4n) is 3.38. The highest BCUT2D eigenvalue weighted by atomic mass is 16.6. The number of likely N-dealkylation sites (tertiary alicyclic amines) is 1. The Kier molecular flexibility index (Phi) is 5.45. The third-order valence-electron chi connectivity index (χ3n) is 4.43. The van der Waals surface area contributed by atoms with Crippen LogP contribution in [0, 0.1) is 5.92 Å². The number of nitrogens with zero attached hydrogens (tertiary/aromatic N) is 1. The van der Waals surface area contributed by atoms with Crippen LogP contribution in [-0.2, 0) is 9.63 Å². The van der Waals surface area contributed by atoms with Gasteiger partial charge in [-0.15, -0.1) is 0 Å². The maximum atomic E-state index is 12.6. The fourth-order valence-corrected chi connectivity index (χ4v) is 3.38. The molecule has 2 rings (SSSR count). The van der Waals surface area contributed by atoms with Crippen molar-refractivity contribution in [3.8, 4) is 0 Å². The van der Waals surface area contributed by atoms with Gasteiger partial charge < -0.3 is 9.74 Å². The second-order valence-electron chi connectivity index (χ2n) is 5.68. The van der Waals surface area contributed by atoms with Gasteiger partial charge in [-0.3, -0.25) is 4.79 Å². The van der Waals surface area contributed by atoms with E-state index in [0.717, 1.165) is 38.6 Å². The molecule has 18 heavy (non-hydrogen) atoms. The van der Waals surface area contributed by atoms with Gasteiger partial charge in [-0.25, -0.2) is 5.90 Å². The molecule has 1 heterocycles. The summed E-state index contributed by atoms with van der Waals surface area (Å²) >= 11 is 0. The molecule has 1 unspecified atom stereocenters. The van der Waals surface area contributed by atoms with E-state index in [0.29, 0.717) is 18.6 Å². The van der Waals surface area contributed by atoms with E-state index >= 15 is 0 Å². The standard InChI is InChI=1S/C14H26N2O2/c15-18-11-9-13-8-4-5-10-16(13)14(17)12-6-2-1-3-7-12/h12-13H,1-11,15H2. The van der Waals surface area contributed by atoms with Crippen molar-refractivity contribution in [2.75, 3.05) is 13.2 Å². The lowest BCUT2D eigenvalue weighted by Crippen LogP contribution is -2.47. The van der Waals surface area contributed by atoms with Gasteiger partial charge in [-0.1, -0.05) is 19.3 Å². The Morgan fingerprint density at radius 3 is 2.56 bits per heavy atom. The lowest BCUT2D eigenvalue weighted by atomic mass is 9.87. The van der Waals surface area contributed by atoms with Crippen LogP contribution in [0.25, 0.3) is 0 Å². The van der Waals surface area contributed by atoms with Crippen LogP contribution in [0.5, 0.6) is 0 Å². The first kappa shape index (κ1) is 13.8. The molecule has 1 saturated heterocycles. The minimum atomic E-state index is 0.290. The van der Waals surface area contributed by atoms with E-state index < -0.39 is 0 Å². The van der Waals surface area contributed by atoms with Crippen molar-refractivity contribution in [1.82, 2.24) is 4.90 Å². The largest absolute Gasteiger partial charge is 0.339 e. The zero-order valence-electron chi connectivity index (χ0n) is 11.3. The molecule has 1 aliphatic carbocycles. The van der Waals surface area contributed by atoms with Crippen molar-refractivity contribution in [2.24, 2.45) is 11.8 Å². The number of carbonyl (C=O) groups excluding carboxylic acids is 1. The topological polar surface area (TPSA) is 55.6 Å². The first-order chi connectivity index (χ1) is 8.83. The van der Waals surface area contributed by atoms with Crippen LogP contribution in [-0.4, -0.2) is 30.0 Å².